The summed E-state index contributed by atoms with van der Waals surface area (Å²) in [6.45, 7) is 0.0799. The SMILES string of the molecule is Nc1cc(C(=O)NC2CCCC2CO)ccc1F. The zero-order valence-corrected chi connectivity index (χ0v) is 10.0. The lowest BCUT2D eigenvalue weighted by Crippen LogP contribution is -2.38. The number of aliphatic hydroxyl groups excluding tert-OH is 1. The van der Waals surface area contributed by atoms with Crippen molar-refractivity contribution < 1.29 is 14.3 Å². The second-order valence-corrected chi connectivity index (χ2v) is 4.69. The molecule has 4 N–H and O–H groups in total. The monoisotopic (exact) mass is 252 g/mol. The highest BCUT2D eigenvalue weighted by Crippen LogP contribution is 2.25. The molecule has 1 saturated carbocycles. The Bertz CT molecular complexity index is 451. The molecular formula is C13H17FN2O2. The maximum atomic E-state index is 13.0. The topological polar surface area (TPSA) is 75.4 Å². The van der Waals surface area contributed by atoms with Crippen LogP contribution in [-0.4, -0.2) is 23.7 Å². The molecule has 1 aliphatic carbocycles. The highest BCUT2D eigenvalue weighted by atomic mass is 19.1. The number of halogens is 1. The van der Waals surface area contributed by atoms with E-state index in [9.17, 15) is 14.3 Å². The molecule has 0 heterocycles. The van der Waals surface area contributed by atoms with Crippen LogP contribution in [0.4, 0.5) is 10.1 Å². The molecule has 4 nitrogen and oxygen atoms in total. The van der Waals surface area contributed by atoms with Crippen LogP contribution >= 0.6 is 0 Å². The Morgan fingerprint density at radius 1 is 1.50 bits per heavy atom. The van der Waals surface area contributed by atoms with E-state index < -0.39 is 5.82 Å². The van der Waals surface area contributed by atoms with Crippen molar-refractivity contribution in [2.24, 2.45) is 5.92 Å². The number of rotatable bonds is 3. The van der Waals surface area contributed by atoms with Crippen molar-refractivity contribution in [2.45, 2.75) is 25.3 Å². The molecule has 2 atom stereocenters. The number of carbonyl (C=O) groups is 1. The van der Waals surface area contributed by atoms with E-state index in [2.05, 4.69) is 5.32 Å². The van der Waals surface area contributed by atoms with E-state index >= 15 is 0 Å². The fraction of sp³-hybridized carbons (Fsp3) is 0.462. The number of anilines is 1. The number of nitrogens with one attached hydrogen (secondary N) is 1. The lowest BCUT2D eigenvalue weighted by Gasteiger charge is -2.19. The third-order valence-electron chi connectivity index (χ3n) is 3.47. The summed E-state index contributed by atoms with van der Waals surface area (Å²) in [5, 5.41) is 12.0. The molecule has 0 saturated heterocycles. The van der Waals surface area contributed by atoms with Crippen LogP contribution in [0.25, 0.3) is 0 Å². The van der Waals surface area contributed by atoms with Gasteiger partial charge < -0.3 is 16.2 Å². The fourth-order valence-corrected chi connectivity index (χ4v) is 2.38. The Morgan fingerprint density at radius 2 is 2.28 bits per heavy atom. The average molecular weight is 252 g/mol. The second kappa shape index (κ2) is 5.35. The molecule has 2 unspecified atom stereocenters. The van der Waals surface area contributed by atoms with Gasteiger partial charge in [-0.1, -0.05) is 6.42 Å². The third kappa shape index (κ3) is 2.61. The van der Waals surface area contributed by atoms with Crippen molar-refractivity contribution in [3.8, 4) is 0 Å². The molecule has 0 aromatic heterocycles. The van der Waals surface area contributed by atoms with E-state index in [-0.39, 0.29) is 30.2 Å². The Kier molecular flexibility index (Phi) is 3.81. The lowest BCUT2D eigenvalue weighted by molar-refractivity contribution is 0.0916. The van der Waals surface area contributed by atoms with Gasteiger partial charge in [-0.2, -0.15) is 0 Å². The molecule has 0 spiro atoms. The van der Waals surface area contributed by atoms with Crippen LogP contribution in [-0.2, 0) is 0 Å². The molecule has 0 bridgehead atoms. The second-order valence-electron chi connectivity index (χ2n) is 4.69. The van der Waals surface area contributed by atoms with Crippen molar-refractivity contribution in [1.29, 1.82) is 0 Å². The van der Waals surface area contributed by atoms with E-state index in [0.717, 1.165) is 19.3 Å². The van der Waals surface area contributed by atoms with E-state index in [1.807, 2.05) is 0 Å². The molecule has 0 radical (unpaired) electrons. The molecule has 18 heavy (non-hydrogen) atoms. The Hall–Kier alpha value is -1.62. The normalized spacial score (nSPS) is 23.0. The van der Waals surface area contributed by atoms with Gasteiger partial charge in [0.05, 0.1) is 5.69 Å². The maximum absolute atomic E-state index is 13.0. The van der Waals surface area contributed by atoms with Gasteiger partial charge in [0.25, 0.3) is 5.91 Å². The van der Waals surface area contributed by atoms with Crippen LogP contribution in [0.15, 0.2) is 18.2 Å². The van der Waals surface area contributed by atoms with Crippen LogP contribution in [0.2, 0.25) is 0 Å². The van der Waals surface area contributed by atoms with Gasteiger partial charge in [-0.3, -0.25) is 4.79 Å². The van der Waals surface area contributed by atoms with Crippen LogP contribution in [0.3, 0.4) is 0 Å². The first-order chi connectivity index (χ1) is 8.61. The summed E-state index contributed by atoms with van der Waals surface area (Å²) in [5.74, 6) is -0.681. The van der Waals surface area contributed by atoms with Gasteiger partial charge in [0.1, 0.15) is 5.82 Å². The summed E-state index contributed by atoms with van der Waals surface area (Å²) >= 11 is 0. The van der Waals surface area contributed by atoms with E-state index in [0.29, 0.717) is 5.56 Å². The Labute approximate surface area is 105 Å². The summed E-state index contributed by atoms with van der Waals surface area (Å²) in [7, 11) is 0. The summed E-state index contributed by atoms with van der Waals surface area (Å²) in [6.07, 6.45) is 2.79. The summed E-state index contributed by atoms with van der Waals surface area (Å²) < 4.78 is 13.0. The molecule has 0 aliphatic heterocycles. The largest absolute Gasteiger partial charge is 0.396 e. The minimum absolute atomic E-state index is 0.00576. The standard InChI is InChI=1S/C13H17FN2O2/c14-10-5-4-8(6-11(10)15)13(18)16-12-3-1-2-9(12)7-17/h4-6,9,12,17H,1-3,7,15H2,(H,16,18). The molecule has 1 aliphatic rings. The van der Waals surface area contributed by atoms with Crippen molar-refractivity contribution in [2.75, 3.05) is 12.3 Å². The first-order valence-electron chi connectivity index (χ1n) is 6.08. The minimum Gasteiger partial charge on any atom is -0.396 e. The number of amides is 1. The van der Waals surface area contributed by atoms with Crippen LogP contribution in [0, 0.1) is 11.7 Å². The molecule has 2 rings (SSSR count). The van der Waals surface area contributed by atoms with Gasteiger partial charge in [-0.05, 0) is 31.0 Å². The van der Waals surface area contributed by atoms with E-state index in [4.69, 9.17) is 5.73 Å². The zero-order chi connectivity index (χ0) is 13.1. The Balaban J connectivity index is 2.05. The van der Waals surface area contributed by atoms with Gasteiger partial charge >= 0.3 is 0 Å². The summed E-state index contributed by atoms with van der Waals surface area (Å²) in [5.41, 5.74) is 5.74. The molecule has 1 aromatic rings. The Morgan fingerprint density at radius 3 is 2.94 bits per heavy atom. The summed E-state index contributed by atoms with van der Waals surface area (Å²) in [6, 6.07) is 3.91. The van der Waals surface area contributed by atoms with Crippen molar-refractivity contribution in [3.63, 3.8) is 0 Å². The smallest absolute Gasteiger partial charge is 0.251 e. The van der Waals surface area contributed by atoms with Gasteiger partial charge in [0.2, 0.25) is 0 Å². The van der Waals surface area contributed by atoms with Gasteiger partial charge in [-0.25, -0.2) is 4.39 Å². The van der Waals surface area contributed by atoms with Crippen molar-refractivity contribution in [3.05, 3.63) is 29.6 Å². The average Bonchev–Trinajstić information content (AvgIpc) is 2.79. The lowest BCUT2D eigenvalue weighted by atomic mass is 10.0. The number of benzene rings is 1. The molecule has 1 amide bonds. The van der Waals surface area contributed by atoms with Crippen molar-refractivity contribution >= 4 is 11.6 Å². The van der Waals surface area contributed by atoms with Crippen LogP contribution < -0.4 is 11.1 Å². The van der Waals surface area contributed by atoms with Crippen LogP contribution in [0.1, 0.15) is 29.6 Å². The number of hydrogen-bond acceptors (Lipinski definition) is 3. The third-order valence-corrected chi connectivity index (χ3v) is 3.47. The van der Waals surface area contributed by atoms with Gasteiger partial charge in [-0.15, -0.1) is 0 Å². The molecular weight excluding hydrogens is 235 g/mol. The number of hydrogen-bond donors (Lipinski definition) is 3. The first-order valence-corrected chi connectivity index (χ1v) is 6.08. The first kappa shape index (κ1) is 12.8. The quantitative estimate of drug-likeness (QED) is 0.710. The van der Waals surface area contributed by atoms with E-state index in [1.54, 1.807) is 0 Å². The van der Waals surface area contributed by atoms with Crippen LogP contribution in [0.5, 0.6) is 0 Å². The minimum atomic E-state index is -0.527. The predicted octanol–water partition coefficient (Wildman–Crippen LogP) is 1.30. The molecule has 98 valence electrons. The molecule has 1 aromatic carbocycles. The molecule has 5 heteroatoms. The number of aliphatic hydroxyl groups is 1. The highest BCUT2D eigenvalue weighted by molar-refractivity contribution is 5.95. The number of nitrogens with two attached hydrogens (primary N) is 1. The maximum Gasteiger partial charge on any atom is 0.251 e. The fourth-order valence-electron chi connectivity index (χ4n) is 2.38. The van der Waals surface area contributed by atoms with Crippen molar-refractivity contribution in [1.82, 2.24) is 5.32 Å². The molecule has 1 fully saturated rings. The summed E-state index contributed by atoms with van der Waals surface area (Å²) in [4.78, 5) is 12.0. The van der Waals surface area contributed by atoms with Gasteiger partial charge in [0, 0.05) is 24.1 Å². The number of carbonyl (C=O) groups excluding carboxylic acids is 1. The van der Waals surface area contributed by atoms with Gasteiger partial charge in [0.15, 0.2) is 0 Å². The zero-order valence-electron chi connectivity index (χ0n) is 10.0. The predicted molar refractivity (Wildman–Crippen MR) is 66.5 cm³/mol. The highest BCUT2D eigenvalue weighted by Gasteiger charge is 2.28. The number of nitrogen functional groups attached to an aromatic ring is 1. The van der Waals surface area contributed by atoms with E-state index in [1.165, 1.54) is 18.2 Å².